The van der Waals surface area contributed by atoms with Crippen LogP contribution in [-0.2, 0) is 20.7 Å². The van der Waals surface area contributed by atoms with Crippen LogP contribution in [0.1, 0.15) is 36.8 Å². The lowest BCUT2D eigenvalue weighted by Gasteiger charge is -2.36. The first kappa shape index (κ1) is 14.7. The van der Waals surface area contributed by atoms with Crippen molar-refractivity contribution < 1.29 is 14.3 Å². The van der Waals surface area contributed by atoms with Crippen LogP contribution in [0.4, 0.5) is 0 Å². The van der Waals surface area contributed by atoms with Crippen LogP contribution in [0.3, 0.4) is 0 Å². The Morgan fingerprint density at radius 2 is 2.19 bits per heavy atom. The van der Waals surface area contributed by atoms with Gasteiger partial charge >= 0.3 is 0 Å². The van der Waals surface area contributed by atoms with E-state index in [4.69, 9.17) is 9.47 Å². The van der Waals surface area contributed by atoms with E-state index in [9.17, 15) is 4.79 Å². The van der Waals surface area contributed by atoms with Crippen molar-refractivity contribution in [2.75, 3.05) is 19.8 Å². The number of Topliss-reactive ketones (excluding diaryl/α,β-unsaturated/α-hetero) is 1. The molecule has 0 radical (unpaired) electrons. The predicted molar refractivity (Wildman–Crippen MR) is 81.4 cm³/mol. The molecule has 2 atom stereocenters. The van der Waals surface area contributed by atoms with Gasteiger partial charge in [0.2, 0.25) is 0 Å². The molecule has 3 rings (SSSR count). The summed E-state index contributed by atoms with van der Waals surface area (Å²) in [5.41, 5.74) is 2.40. The van der Waals surface area contributed by atoms with E-state index >= 15 is 0 Å². The fourth-order valence-electron chi connectivity index (χ4n) is 3.52. The maximum atomic E-state index is 12.5. The number of aryl methyl sites for hydroxylation is 2. The van der Waals surface area contributed by atoms with Crippen LogP contribution in [0, 0.1) is 12.8 Å². The molecule has 0 amide bonds. The summed E-state index contributed by atoms with van der Waals surface area (Å²) < 4.78 is 11.4. The Labute approximate surface area is 126 Å². The summed E-state index contributed by atoms with van der Waals surface area (Å²) in [6.07, 6.45) is 4.15. The van der Waals surface area contributed by atoms with Gasteiger partial charge in [-0.05, 0) is 37.3 Å². The molecule has 3 nitrogen and oxygen atoms in total. The van der Waals surface area contributed by atoms with Gasteiger partial charge in [-0.1, -0.05) is 24.3 Å². The van der Waals surface area contributed by atoms with Crippen LogP contribution in [0.25, 0.3) is 0 Å². The van der Waals surface area contributed by atoms with E-state index in [1.807, 2.05) is 12.1 Å². The van der Waals surface area contributed by atoms with Crippen molar-refractivity contribution in [3.8, 4) is 0 Å². The third-order valence-corrected chi connectivity index (χ3v) is 4.92. The van der Waals surface area contributed by atoms with Gasteiger partial charge in [0.15, 0.2) is 0 Å². The number of benzene rings is 1. The molecule has 21 heavy (non-hydrogen) atoms. The maximum Gasteiger partial charge on any atom is 0.136 e. The third kappa shape index (κ3) is 3.35. The second kappa shape index (κ2) is 6.29. The van der Waals surface area contributed by atoms with Crippen LogP contribution < -0.4 is 0 Å². The Morgan fingerprint density at radius 3 is 2.95 bits per heavy atom. The van der Waals surface area contributed by atoms with Crippen LogP contribution in [0.2, 0.25) is 0 Å². The summed E-state index contributed by atoms with van der Waals surface area (Å²) in [5.74, 6) is 0.553. The highest BCUT2D eigenvalue weighted by Gasteiger charge is 2.42. The molecular weight excluding hydrogens is 264 g/mol. The normalized spacial score (nSPS) is 28.9. The molecule has 0 aromatic heterocycles. The number of hydrogen-bond acceptors (Lipinski definition) is 3. The number of rotatable bonds is 4. The summed E-state index contributed by atoms with van der Waals surface area (Å²) >= 11 is 0. The van der Waals surface area contributed by atoms with Crippen LogP contribution in [-0.4, -0.2) is 31.2 Å². The van der Waals surface area contributed by atoms with Crippen molar-refractivity contribution in [3.63, 3.8) is 0 Å². The number of carbonyl (C=O) groups is 1. The van der Waals surface area contributed by atoms with Crippen molar-refractivity contribution in [1.29, 1.82) is 0 Å². The first-order chi connectivity index (χ1) is 10.2. The highest BCUT2D eigenvalue weighted by Crippen LogP contribution is 2.36. The molecule has 0 aliphatic carbocycles. The molecule has 3 heteroatoms. The Hall–Kier alpha value is -1.19. The molecular formula is C18H24O3. The standard InChI is InChI=1S/C18H24O3/c1-14-4-2-3-5-15(14)6-7-17(19)16-8-10-21-18(12-16)9-11-20-13-18/h2-5,16H,6-13H2,1H3. The smallest absolute Gasteiger partial charge is 0.136 e. The molecule has 2 saturated heterocycles. The molecule has 2 unspecified atom stereocenters. The molecule has 2 aliphatic heterocycles. The van der Waals surface area contributed by atoms with Gasteiger partial charge in [0.05, 0.1) is 12.2 Å². The van der Waals surface area contributed by atoms with Crippen molar-refractivity contribution in [2.45, 2.75) is 44.6 Å². The largest absolute Gasteiger partial charge is 0.378 e. The van der Waals surface area contributed by atoms with Gasteiger partial charge in [-0.25, -0.2) is 0 Å². The van der Waals surface area contributed by atoms with Crippen LogP contribution in [0.15, 0.2) is 24.3 Å². The van der Waals surface area contributed by atoms with Gasteiger partial charge in [0.1, 0.15) is 5.78 Å². The van der Waals surface area contributed by atoms with Crippen molar-refractivity contribution in [2.24, 2.45) is 5.92 Å². The molecule has 1 aromatic carbocycles. The van der Waals surface area contributed by atoms with E-state index in [0.29, 0.717) is 25.4 Å². The first-order valence-corrected chi connectivity index (χ1v) is 7.97. The quantitative estimate of drug-likeness (QED) is 0.854. The molecule has 114 valence electrons. The fraction of sp³-hybridized carbons (Fsp3) is 0.611. The zero-order valence-electron chi connectivity index (χ0n) is 12.8. The minimum Gasteiger partial charge on any atom is -0.378 e. The number of carbonyl (C=O) groups excluding carboxylic acids is 1. The van der Waals surface area contributed by atoms with Gasteiger partial charge in [-0.3, -0.25) is 4.79 Å². The van der Waals surface area contributed by atoms with Gasteiger partial charge in [0.25, 0.3) is 0 Å². The van der Waals surface area contributed by atoms with E-state index in [-0.39, 0.29) is 11.5 Å². The average molecular weight is 288 g/mol. The lowest BCUT2D eigenvalue weighted by atomic mass is 9.81. The summed E-state index contributed by atoms with van der Waals surface area (Å²) in [6, 6.07) is 8.33. The van der Waals surface area contributed by atoms with Crippen LogP contribution in [0.5, 0.6) is 0 Å². The topological polar surface area (TPSA) is 35.5 Å². The Morgan fingerprint density at radius 1 is 1.33 bits per heavy atom. The highest BCUT2D eigenvalue weighted by molar-refractivity contribution is 5.81. The zero-order valence-corrected chi connectivity index (χ0v) is 12.8. The molecule has 0 saturated carbocycles. The SMILES string of the molecule is Cc1ccccc1CCC(=O)C1CCOC2(CCOC2)C1. The Balaban J connectivity index is 1.57. The van der Waals surface area contributed by atoms with Crippen molar-refractivity contribution in [1.82, 2.24) is 0 Å². The van der Waals surface area contributed by atoms with E-state index < -0.39 is 0 Å². The Bertz CT molecular complexity index is 503. The summed E-state index contributed by atoms with van der Waals surface area (Å²) in [7, 11) is 0. The average Bonchev–Trinajstić information content (AvgIpc) is 2.94. The zero-order chi connectivity index (χ0) is 14.7. The van der Waals surface area contributed by atoms with E-state index in [1.165, 1.54) is 11.1 Å². The van der Waals surface area contributed by atoms with E-state index in [0.717, 1.165) is 32.3 Å². The van der Waals surface area contributed by atoms with Gasteiger partial charge in [-0.15, -0.1) is 0 Å². The van der Waals surface area contributed by atoms with E-state index in [1.54, 1.807) is 0 Å². The summed E-state index contributed by atoms with van der Waals surface area (Å²) in [6.45, 7) is 4.24. The molecule has 0 N–H and O–H groups in total. The van der Waals surface area contributed by atoms with Crippen LogP contribution >= 0.6 is 0 Å². The van der Waals surface area contributed by atoms with Gasteiger partial charge in [0, 0.05) is 32.0 Å². The minimum absolute atomic E-state index is 0.157. The number of hydrogen-bond donors (Lipinski definition) is 0. The van der Waals surface area contributed by atoms with Gasteiger partial charge in [-0.2, -0.15) is 0 Å². The lowest BCUT2D eigenvalue weighted by molar-refractivity contribution is -0.137. The number of ether oxygens (including phenoxy) is 2. The monoisotopic (exact) mass is 288 g/mol. The van der Waals surface area contributed by atoms with E-state index in [2.05, 4.69) is 19.1 Å². The molecule has 1 spiro atoms. The van der Waals surface area contributed by atoms with Gasteiger partial charge < -0.3 is 9.47 Å². The maximum absolute atomic E-state index is 12.5. The van der Waals surface area contributed by atoms with Crippen molar-refractivity contribution >= 4 is 5.78 Å². The molecule has 0 bridgehead atoms. The molecule has 2 aliphatic rings. The summed E-state index contributed by atoms with van der Waals surface area (Å²) in [4.78, 5) is 12.5. The Kier molecular flexibility index (Phi) is 4.41. The summed E-state index contributed by atoms with van der Waals surface area (Å²) in [5, 5.41) is 0. The second-order valence-corrected chi connectivity index (χ2v) is 6.42. The second-order valence-electron chi connectivity index (χ2n) is 6.42. The lowest BCUT2D eigenvalue weighted by Crippen LogP contribution is -2.42. The van der Waals surface area contributed by atoms with Crippen molar-refractivity contribution in [3.05, 3.63) is 35.4 Å². The third-order valence-electron chi connectivity index (χ3n) is 4.92. The minimum atomic E-state index is -0.165. The highest BCUT2D eigenvalue weighted by atomic mass is 16.6. The molecule has 2 heterocycles. The predicted octanol–water partition coefficient (Wildman–Crippen LogP) is 3.08. The molecule has 1 aromatic rings. The fourth-order valence-corrected chi connectivity index (χ4v) is 3.52. The first-order valence-electron chi connectivity index (χ1n) is 7.97. The molecule has 2 fully saturated rings. The number of ketones is 1.